The van der Waals surface area contributed by atoms with Crippen molar-refractivity contribution in [2.75, 3.05) is 0 Å². The molecule has 2 heteroatoms. The second-order valence-electron chi connectivity index (χ2n) is 5.79. The molecule has 0 saturated heterocycles. The van der Waals surface area contributed by atoms with Crippen LogP contribution < -0.4 is 0 Å². The smallest absolute Gasteiger partial charge is 0.0840 e. The fraction of sp³-hybridized carbons (Fsp3) is 0.600. The monoisotopic (exact) mass is 236 g/mol. The fourth-order valence-corrected chi connectivity index (χ4v) is 1.83. The van der Waals surface area contributed by atoms with E-state index in [1.54, 1.807) is 27.7 Å². The van der Waals surface area contributed by atoms with Crippen molar-refractivity contribution in [3.8, 4) is 0 Å². The van der Waals surface area contributed by atoms with E-state index in [1.807, 2.05) is 18.2 Å². The van der Waals surface area contributed by atoms with Crippen molar-refractivity contribution in [3.63, 3.8) is 0 Å². The van der Waals surface area contributed by atoms with Gasteiger partial charge >= 0.3 is 0 Å². The first kappa shape index (κ1) is 14.2. The van der Waals surface area contributed by atoms with Crippen molar-refractivity contribution in [1.29, 1.82) is 0 Å². The molecule has 1 aromatic rings. The number of aryl methyl sites for hydroxylation is 1. The molecule has 1 rings (SSSR count). The molecule has 0 amide bonds. The third kappa shape index (κ3) is 3.83. The zero-order valence-corrected chi connectivity index (χ0v) is 11.5. The van der Waals surface area contributed by atoms with Crippen LogP contribution >= 0.6 is 0 Å². The predicted molar refractivity (Wildman–Crippen MR) is 70.9 cm³/mol. The van der Waals surface area contributed by atoms with Gasteiger partial charge in [-0.1, -0.05) is 31.5 Å². The van der Waals surface area contributed by atoms with Crippen molar-refractivity contribution in [3.05, 3.63) is 34.9 Å². The fourth-order valence-electron chi connectivity index (χ4n) is 1.83. The molecule has 0 bridgehead atoms. The van der Waals surface area contributed by atoms with Gasteiger partial charge < -0.3 is 10.2 Å². The van der Waals surface area contributed by atoms with Gasteiger partial charge in [-0.05, 0) is 50.8 Å². The molecule has 0 aliphatic rings. The Kier molecular flexibility index (Phi) is 4.00. The molecular weight excluding hydrogens is 212 g/mol. The molecule has 0 unspecified atom stereocenters. The van der Waals surface area contributed by atoms with Crippen LogP contribution in [0.5, 0.6) is 0 Å². The lowest BCUT2D eigenvalue weighted by Crippen LogP contribution is -2.20. The highest BCUT2D eigenvalue weighted by Gasteiger charge is 2.22. The van der Waals surface area contributed by atoms with Crippen LogP contribution in [-0.4, -0.2) is 10.2 Å². The molecule has 0 aliphatic heterocycles. The summed E-state index contributed by atoms with van der Waals surface area (Å²) < 4.78 is 0. The lowest BCUT2D eigenvalue weighted by molar-refractivity contribution is 0.0716. The van der Waals surface area contributed by atoms with Crippen LogP contribution in [0, 0.1) is 0 Å². The topological polar surface area (TPSA) is 40.5 Å². The summed E-state index contributed by atoms with van der Waals surface area (Å²) in [6.07, 6.45) is 2.02. The summed E-state index contributed by atoms with van der Waals surface area (Å²) in [5, 5.41) is 20.2. The van der Waals surface area contributed by atoms with Crippen molar-refractivity contribution in [2.45, 2.75) is 58.7 Å². The first-order chi connectivity index (χ1) is 7.64. The Bertz CT molecular complexity index is 349. The van der Waals surface area contributed by atoms with Crippen molar-refractivity contribution < 1.29 is 10.2 Å². The minimum absolute atomic E-state index is 0.862. The molecular formula is C15H24O2. The maximum atomic E-state index is 10.1. The SMILES string of the molecule is CCCc1cc(C(C)(C)O)cc(C(C)(C)O)c1. The van der Waals surface area contributed by atoms with Crippen LogP contribution in [0.2, 0.25) is 0 Å². The summed E-state index contributed by atoms with van der Waals surface area (Å²) in [6.45, 7) is 9.21. The molecule has 0 heterocycles. The lowest BCUT2D eigenvalue weighted by Gasteiger charge is -2.24. The van der Waals surface area contributed by atoms with E-state index in [0.29, 0.717) is 0 Å². The average Bonchev–Trinajstić information content (AvgIpc) is 2.15. The number of hydrogen-bond donors (Lipinski definition) is 2. The minimum atomic E-state index is -0.871. The lowest BCUT2D eigenvalue weighted by atomic mass is 9.88. The molecule has 0 atom stereocenters. The predicted octanol–water partition coefficient (Wildman–Crippen LogP) is 3.09. The Labute approximate surface area is 104 Å². The van der Waals surface area contributed by atoms with Crippen molar-refractivity contribution in [1.82, 2.24) is 0 Å². The molecule has 0 fully saturated rings. The molecule has 96 valence electrons. The summed E-state index contributed by atoms with van der Waals surface area (Å²) in [6, 6.07) is 5.94. The Morgan fingerprint density at radius 3 is 1.59 bits per heavy atom. The van der Waals surface area contributed by atoms with Gasteiger partial charge in [-0.25, -0.2) is 0 Å². The van der Waals surface area contributed by atoms with Gasteiger partial charge in [0.25, 0.3) is 0 Å². The van der Waals surface area contributed by atoms with E-state index in [2.05, 4.69) is 6.92 Å². The van der Waals surface area contributed by atoms with E-state index >= 15 is 0 Å². The zero-order chi connectivity index (χ0) is 13.3. The number of hydrogen-bond acceptors (Lipinski definition) is 2. The molecule has 0 aromatic heterocycles. The van der Waals surface area contributed by atoms with Gasteiger partial charge in [-0.2, -0.15) is 0 Å². The third-order valence-electron chi connectivity index (χ3n) is 2.94. The summed E-state index contributed by atoms with van der Waals surface area (Å²) in [4.78, 5) is 0. The Balaban J connectivity index is 3.29. The third-order valence-corrected chi connectivity index (χ3v) is 2.94. The van der Waals surface area contributed by atoms with Gasteiger partial charge in [0.1, 0.15) is 0 Å². The number of aliphatic hydroxyl groups is 2. The molecule has 2 nitrogen and oxygen atoms in total. The first-order valence-electron chi connectivity index (χ1n) is 6.24. The van der Waals surface area contributed by atoms with Gasteiger partial charge in [0, 0.05) is 0 Å². The van der Waals surface area contributed by atoms with Crippen molar-refractivity contribution in [2.24, 2.45) is 0 Å². The molecule has 0 saturated carbocycles. The second kappa shape index (κ2) is 4.79. The summed E-state index contributed by atoms with van der Waals surface area (Å²) in [5.41, 5.74) is 1.15. The largest absolute Gasteiger partial charge is 0.386 e. The van der Waals surface area contributed by atoms with E-state index in [-0.39, 0.29) is 0 Å². The maximum Gasteiger partial charge on any atom is 0.0840 e. The first-order valence-corrected chi connectivity index (χ1v) is 6.24. The van der Waals surface area contributed by atoms with Crippen molar-refractivity contribution >= 4 is 0 Å². The van der Waals surface area contributed by atoms with E-state index in [1.165, 1.54) is 5.56 Å². The summed E-state index contributed by atoms with van der Waals surface area (Å²) in [5.74, 6) is 0. The zero-order valence-electron chi connectivity index (χ0n) is 11.5. The number of rotatable bonds is 4. The molecule has 17 heavy (non-hydrogen) atoms. The standard InChI is InChI=1S/C15H24O2/c1-6-7-11-8-12(14(2,3)16)10-13(9-11)15(4,5)17/h8-10,16-17H,6-7H2,1-5H3. The van der Waals surface area contributed by atoms with Gasteiger partial charge in [-0.15, -0.1) is 0 Å². The molecule has 2 N–H and O–H groups in total. The molecule has 0 spiro atoms. The van der Waals surface area contributed by atoms with Crippen LogP contribution in [0.4, 0.5) is 0 Å². The number of benzene rings is 1. The van der Waals surface area contributed by atoms with E-state index < -0.39 is 11.2 Å². The highest BCUT2D eigenvalue weighted by Crippen LogP contribution is 2.28. The van der Waals surface area contributed by atoms with Crippen LogP contribution in [-0.2, 0) is 17.6 Å². The van der Waals surface area contributed by atoms with E-state index in [9.17, 15) is 10.2 Å². The Morgan fingerprint density at radius 1 is 0.882 bits per heavy atom. The van der Waals surface area contributed by atoms with Crippen LogP contribution in [0.15, 0.2) is 18.2 Å². The van der Waals surface area contributed by atoms with E-state index in [4.69, 9.17) is 0 Å². The normalized spacial score (nSPS) is 12.9. The molecule has 0 aliphatic carbocycles. The van der Waals surface area contributed by atoms with Gasteiger partial charge in [-0.3, -0.25) is 0 Å². The Hall–Kier alpha value is -0.860. The van der Waals surface area contributed by atoms with Crippen LogP contribution in [0.25, 0.3) is 0 Å². The highest BCUT2D eigenvalue weighted by atomic mass is 16.3. The minimum Gasteiger partial charge on any atom is -0.386 e. The van der Waals surface area contributed by atoms with Crippen LogP contribution in [0.3, 0.4) is 0 Å². The van der Waals surface area contributed by atoms with Gasteiger partial charge in [0.2, 0.25) is 0 Å². The highest BCUT2D eigenvalue weighted by molar-refractivity contribution is 5.35. The Morgan fingerprint density at radius 2 is 1.29 bits per heavy atom. The summed E-state index contributed by atoms with van der Waals surface area (Å²) in [7, 11) is 0. The molecule has 1 aromatic carbocycles. The maximum absolute atomic E-state index is 10.1. The van der Waals surface area contributed by atoms with Crippen LogP contribution in [0.1, 0.15) is 57.7 Å². The molecule has 0 radical (unpaired) electrons. The van der Waals surface area contributed by atoms with Gasteiger partial charge in [0.05, 0.1) is 11.2 Å². The van der Waals surface area contributed by atoms with E-state index in [0.717, 1.165) is 24.0 Å². The average molecular weight is 236 g/mol. The van der Waals surface area contributed by atoms with Gasteiger partial charge in [0.15, 0.2) is 0 Å². The second-order valence-corrected chi connectivity index (χ2v) is 5.79. The summed E-state index contributed by atoms with van der Waals surface area (Å²) >= 11 is 0. The quantitative estimate of drug-likeness (QED) is 0.843.